The quantitative estimate of drug-likeness (QED) is 0.773. The van der Waals surface area contributed by atoms with Crippen molar-refractivity contribution < 1.29 is 9.13 Å². The van der Waals surface area contributed by atoms with Crippen LogP contribution in [0.25, 0.3) is 0 Å². The molecule has 0 spiro atoms. The fraction of sp³-hybridized carbons (Fsp3) is 0.333. The lowest BCUT2D eigenvalue weighted by atomic mass is 10.1. The van der Waals surface area contributed by atoms with Gasteiger partial charge >= 0.3 is 0 Å². The number of hydrogen-bond acceptors (Lipinski definition) is 2. The summed E-state index contributed by atoms with van der Waals surface area (Å²) < 4.78 is 19.3. The minimum Gasteiger partial charge on any atom is -0.493 e. The smallest absolute Gasteiger partial charge is 0.131 e. The summed E-state index contributed by atoms with van der Waals surface area (Å²) in [5, 5.41) is 0. The Labute approximate surface area is 125 Å². The summed E-state index contributed by atoms with van der Waals surface area (Å²) in [5.41, 5.74) is 7.54. The van der Waals surface area contributed by atoms with Crippen LogP contribution < -0.4 is 10.5 Å². The highest BCUT2D eigenvalue weighted by Crippen LogP contribution is 2.20. The van der Waals surface area contributed by atoms with E-state index in [2.05, 4.69) is 24.3 Å². The molecule has 0 saturated carbocycles. The van der Waals surface area contributed by atoms with Gasteiger partial charge in [-0.3, -0.25) is 0 Å². The maximum Gasteiger partial charge on any atom is 0.131 e. The van der Waals surface area contributed by atoms with Crippen molar-refractivity contribution in [1.82, 2.24) is 0 Å². The van der Waals surface area contributed by atoms with Crippen LogP contribution in [0.2, 0.25) is 0 Å². The van der Waals surface area contributed by atoms with Crippen LogP contribution in [0.4, 0.5) is 4.39 Å². The number of benzene rings is 2. The van der Waals surface area contributed by atoms with E-state index in [9.17, 15) is 4.39 Å². The summed E-state index contributed by atoms with van der Waals surface area (Å²) in [6.45, 7) is 2.37. The molecule has 0 fully saturated rings. The van der Waals surface area contributed by atoms with E-state index < -0.39 is 0 Å². The van der Waals surface area contributed by atoms with E-state index in [1.807, 2.05) is 6.07 Å². The van der Waals surface area contributed by atoms with E-state index >= 15 is 0 Å². The van der Waals surface area contributed by atoms with Gasteiger partial charge in [0, 0.05) is 17.7 Å². The van der Waals surface area contributed by atoms with Crippen LogP contribution in [0.3, 0.4) is 0 Å². The van der Waals surface area contributed by atoms with Crippen LogP contribution in [-0.4, -0.2) is 6.61 Å². The third-order valence-corrected chi connectivity index (χ3v) is 3.43. The highest BCUT2D eigenvalue weighted by molar-refractivity contribution is 5.30. The number of ether oxygens (including phenoxy) is 1. The Morgan fingerprint density at radius 1 is 1.10 bits per heavy atom. The Morgan fingerprint density at radius 3 is 2.52 bits per heavy atom. The molecule has 21 heavy (non-hydrogen) atoms. The van der Waals surface area contributed by atoms with Crippen LogP contribution in [0.5, 0.6) is 5.75 Å². The molecular formula is C18H22FNO. The third-order valence-electron chi connectivity index (χ3n) is 3.43. The van der Waals surface area contributed by atoms with Gasteiger partial charge in [0.15, 0.2) is 0 Å². The van der Waals surface area contributed by atoms with Gasteiger partial charge in [0.2, 0.25) is 0 Å². The standard InChI is InChI=1S/C18H22FNO/c1-14(20)17-11-10-16(13-18(17)19)21-12-6-5-9-15-7-3-2-4-8-15/h2-4,7-8,10-11,13-14H,5-6,9,12,20H2,1H3. The van der Waals surface area contributed by atoms with Crippen LogP contribution >= 0.6 is 0 Å². The van der Waals surface area contributed by atoms with Gasteiger partial charge in [0.05, 0.1) is 6.61 Å². The molecule has 3 heteroatoms. The molecule has 0 aliphatic rings. The molecule has 2 N–H and O–H groups in total. The van der Waals surface area contributed by atoms with Gasteiger partial charge in [-0.25, -0.2) is 4.39 Å². The van der Waals surface area contributed by atoms with E-state index in [1.165, 1.54) is 11.6 Å². The molecule has 2 aromatic rings. The van der Waals surface area contributed by atoms with E-state index in [1.54, 1.807) is 19.1 Å². The van der Waals surface area contributed by atoms with Crippen molar-refractivity contribution in [2.45, 2.75) is 32.2 Å². The number of aryl methyl sites for hydroxylation is 1. The second kappa shape index (κ2) is 7.79. The summed E-state index contributed by atoms with van der Waals surface area (Å²) in [6.07, 6.45) is 3.05. The predicted molar refractivity (Wildman–Crippen MR) is 83.9 cm³/mol. The molecule has 0 saturated heterocycles. The topological polar surface area (TPSA) is 35.2 Å². The minimum absolute atomic E-state index is 0.299. The van der Waals surface area contributed by atoms with Crippen LogP contribution in [-0.2, 0) is 6.42 Å². The Kier molecular flexibility index (Phi) is 5.76. The molecule has 2 nitrogen and oxygen atoms in total. The van der Waals surface area contributed by atoms with Gasteiger partial charge in [0.25, 0.3) is 0 Å². The van der Waals surface area contributed by atoms with Crippen LogP contribution in [0.15, 0.2) is 48.5 Å². The van der Waals surface area contributed by atoms with Gasteiger partial charge in [-0.15, -0.1) is 0 Å². The minimum atomic E-state index is -0.301. The lowest BCUT2D eigenvalue weighted by Gasteiger charge is -2.10. The Balaban J connectivity index is 1.72. The lowest BCUT2D eigenvalue weighted by Crippen LogP contribution is -2.07. The van der Waals surface area contributed by atoms with Crippen molar-refractivity contribution in [3.63, 3.8) is 0 Å². The van der Waals surface area contributed by atoms with Gasteiger partial charge in [-0.2, -0.15) is 0 Å². The second-order valence-electron chi connectivity index (χ2n) is 5.26. The molecule has 0 aliphatic heterocycles. The van der Waals surface area contributed by atoms with Crippen LogP contribution in [0.1, 0.15) is 36.9 Å². The summed E-state index contributed by atoms with van der Waals surface area (Å²) in [5.74, 6) is 0.267. The highest BCUT2D eigenvalue weighted by Gasteiger charge is 2.07. The molecule has 0 aromatic heterocycles. The van der Waals surface area contributed by atoms with Crippen molar-refractivity contribution in [2.75, 3.05) is 6.61 Å². The molecule has 112 valence electrons. The van der Waals surface area contributed by atoms with E-state index in [4.69, 9.17) is 10.5 Å². The molecule has 0 bridgehead atoms. The van der Waals surface area contributed by atoms with Crippen molar-refractivity contribution in [3.05, 3.63) is 65.5 Å². The normalized spacial score (nSPS) is 12.1. The molecule has 0 amide bonds. The number of nitrogens with two attached hydrogens (primary N) is 1. The zero-order valence-corrected chi connectivity index (χ0v) is 12.4. The molecule has 1 unspecified atom stereocenters. The second-order valence-corrected chi connectivity index (χ2v) is 5.26. The number of halogens is 1. The first-order chi connectivity index (χ1) is 10.2. The third kappa shape index (κ3) is 4.87. The molecular weight excluding hydrogens is 265 g/mol. The van der Waals surface area contributed by atoms with Crippen molar-refractivity contribution in [1.29, 1.82) is 0 Å². The molecule has 2 aromatic carbocycles. The van der Waals surface area contributed by atoms with E-state index in [0.717, 1.165) is 19.3 Å². The number of hydrogen-bond donors (Lipinski definition) is 1. The highest BCUT2D eigenvalue weighted by atomic mass is 19.1. The average Bonchev–Trinajstić information content (AvgIpc) is 2.47. The molecule has 2 rings (SSSR count). The monoisotopic (exact) mass is 287 g/mol. The summed E-state index contributed by atoms with van der Waals surface area (Å²) in [4.78, 5) is 0. The maximum absolute atomic E-state index is 13.7. The SMILES string of the molecule is CC(N)c1ccc(OCCCCc2ccccc2)cc1F. The van der Waals surface area contributed by atoms with E-state index in [0.29, 0.717) is 17.9 Å². The first kappa shape index (κ1) is 15.5. The molecule has 1 atom stereocenters. The molecule has 0 heterocycles. The van der Waals surface area contributed by atoms with Crippen molar-refractivity contribution >= 4 is 0 Å². The Morgan fingerprint density at radius 2 is 1.86 bits per heavy atom. The molecule has 0 aliphatic carbocycles. The van der Waals surface area contributed by atoms with E-state index in [-0.39, 0.29) is 11.9 Å². The lowest BCUT2D eigenvalue weighted by molar-refractivity contribution is 0.305. The maximum atomic E-state index is 13.7. The van der Waals surface area contributed by atoms with Gasteiger partial charge in [-0.1, -0.05) is 36.4 Å². The first-order valence-corrected chi connectivity index (χ1v) is 7.38. The first-order valence-electron chi connectivity index (χ1n) is 7.38. The zero-order chi connectivity index (χ0) is 15.1. The Hall–Kier alpha value is -1.87. The van der Waals surface area contributed by atoms with Gasteiger partial charge in [0.1, 0.15) is 11.6 Å². The predicted octanol–water partition coefficient (Wildman–Crippen LogP) is 4.25. The van der Waals surface area contributed by atoms with Gasteiger partial charge in [-0.05, 0) is 37.8 Å². The fourth-order valence-corrected chi connectivity index (χ4v) is 2.23. The fourth-order valence-electron chi connectivity index (χ4n) is 2.23. The zero-order valence-electron chi connectivity index (χ0n) is 12.4. The van der Waals surface area contributed by atoms with Crippen molar-refractivity contribution in [2.24, 2.45) is 5.73 Å². The number of unbranched alkanes of at least 4 members (excludes halogenated alkanes) is 1. The summed E-state index contributed by atoms with van der Waals surface area (Å²) in [7, 11) is 0. The summed E-state index contributed by atoms with van der Waals surface area (Å²) in [6, 6.07) is 15.0. The van der Waals surface area contributed by atoms with Gasteiger partial charge < -0.3 is 10.5 Å². The Bertz CT molecular complexity index is 554. The van der Waals surface area contributed by atoms with Crippen LogP contribution in [0, 0.1) is 5.82 Å². The largest absolute Gasteiger partial charge is 0.493 e. The number of rotatable bonds is 7. The summed E-state index contributed by atoms with van der Waals surface area (Å²) >= 11 is 0. The van der Waals surface area contributed by atoms with Crippen molar-refractivity contribution in [3.8, 4) is 5.75 Å². The average molecular weight is 287 g/mol. The molecule has 0 radical (unpaired) electrons.